The van der Waals surface area contributed by atoms with Crippen LogP contribution in [0, 0.1) is 18.3 Å². The normalized spacial score (nSPS) is 10.7. The highest BCUT2D eigenvalue weighted by Crippen LogP contribution is 2.36. The lowest BCUT2D eigenvalue weighted by atomic mass is 9.97. The summed E-state index contributed by atoms with van der Waals surface area (Å²) in [7, 11) is 0. The van der Waals surface area contributed by atoms with E-state index in [4.69, 9.17) is 39.5 Å². The number of aromatic hydroxyl groups is 1. The van der Waals surface area contributed by atoms with Crippen LogP contribution in [0.3, 0.4) is 0 Å². The van der Waals surface area contributed by atoms with Gasteiger partial charge in [0, 0.05) is 10.6 Å². The summed E-state index contributed by atoms with van der Waals surface area (Å²) in [5.41, 5.74) is -0.538. The number of hydrogen-bond donors (Lipinski definition) is 1. The first kappa shape index (κ1) is 24.7. The number of pyridine rings is 1. The SMILES string of the molecule is CCCOc1c(Cl)cc(C(=O)c2c(C)c(C#N)c(=O)n(Cc3ccccc3Cl)c2O)cc1Cl. The summed E-state index contributed by atoms with van der Waals surface area (Å²) in [6, 6.07) is 11.3. The molecule has 0 bridgehead atoms. The predicted octanol–water partition coefficient (Wildman–Crippen LogP) is 5.76. The Labute approximate surface area is 205 Å². The van der Waals surface area contributed by atoms with Gasteiger partial charge in [0.25, 0.3) is 5.56 Å². The number of carbonyl (C=O) groups is 1. The van der Waals surface area contributed by atoms with Crippen LogP contribution in [0.4, 0.5) is 0 Å². The summed E-state index contributed by atoms with van der Waals surface area (Å²) in [5.74, 6) is -0.987. The van der Waals surface area contributed by atoms with Gasteiger partial charge in [-0.2, -0.15) is 5.26 Å². The molecule has 1 heterocycles. The number of hydrogen-bond acceptors (Lipinski definition) is 5. The van der Waals surface area contributed by atoms with E-state index in [1.54, 1.807) is 24.3 Å². The van der Waals surface area contributed by atoms with Gasteiger partial charge < -0.3 is 9.84 Å². The number of benzene rings is 2. The molecular weight excluding hydrogens is 487 g/mol. The van der Waals surface area contributed by atoms with Gasteiger partial charge in [-0.05, 0) is 42.7 Å². The van der Waals surface area contributed by atoms with E-state index in [2.05, 4.69) is 0 Å². The van der Waals surface area contributed by atoms with Crippen LogP contribution in [-0.2, 0) is 6.54 Å². The third-order valence-electron chi connectivity index (χ3n) is 5.02. The summed E-state index contributed by atoms with van der Waals surface area (Å²) in [6.07, 6.45) is 0.740. The lowest BCUT2D eigenvalue weighted by Crippen LogP contribution is -2.27. The average molecular weight is 506 g/mol. The molecule has 1 N–H and O–H groups in total. The number of nitriles is 1. The first-order chi connectivity index (χ1) is 15.7. The van der Waals surface area contributed by atoms with Gasteiger partial charge in [0.1, 0.15) is 11.6 Å². The summed E-state index contributed by atoms with van der Waals surface area (Å²) in [6.45, 7) is 3.61. The molecular formula is C24H19Cl3N2O4. The number of carbonyl (C=O) groups excluding carboxylic acids is 1. The molecule has 0 aliphatic rings. The van der Waals surface area contributed by atoms with E-state index < -0.39 is 17.2 Å². The van der Waals surface area contributed by atoms with Crippen molar-refractivity contribution in [2.45, 2.75) is 26.8 Å². The number of aromatic nitrogens is 1. The Kier molecular flexibility index (Phi) is 7.70. The molecule has 0 spiro atoms. The van der Waals surface area contributed by atoms with Crippen LogP contribution in [0.15, 0.2) is 41.2 Å². The highest BCUT2D eigenvalue weighted by atomic mass is 35.5. The van der Waals surface area contributed by atoms with Crippen molar-refractivity contribution in [2.75, 3.05) is 6.61 Å². The minimum absolute atomic E-state index is 0.0546. The van der Waals surface area contributed by atoms with Gasteiger partial charge in [0.2, 0.25) is 5.88 Å². The third kappa shape index (κ3) is 4.86. The quantitative estimate of drug-likeness (QED) is 0.412. The molecule has 9 heteroatoms. The van der Waals surface area contributed by atoms with Gasteiger partial charge >= 0.3 is 0 Å². The molecule has 0 amide bonds. The van der Waals surface area contributed by atoms with E-state index in [0.29, 0.717) is 17.2 Å². The van der Waals surface area contributed by atoms with Crippen molar-refractivity contribution in [1.29, 1.82) is 5.26 Å². The van der Waals surface area contributed by atoms with E-state index >= 15 is 0 Å². The minimum Gasteiger partial charge on any atom is -0.494 e. The Hall–Kier alpha value is -2.98. The average Bonchev–Trinajstić information content (AvgIpc) is 2.77. The van der Waals surface area contributed by atoms with Crippen molar-refractivity contribution in [3.63, 3.8) is 0 Å². The second kappa shape index (κ2) is 10.3. The second-order valence-electron chi connectivity index (χ2n) is 7.24. The molecule has 0 fully saturated rings. The highest BCUT2D eigenvalue weighted by Gasteiger charge is 2.26. The van der Waals surface area contributed by atoms with Gasteiger partial charge in [-0.3, -0.25) is 14.2 Å². The number of ether oxygens (including phenoxy) is 1. The van der Waals surface area contributed by atoms with Crippen LogP contribution >= 0.6 is 34.8 Å². The lowest BCUT2D eigenvalue weighted by Gasteiger charge is -2.17. The van der Waals surface area contributed by atoms with Crippen LogP contribution in [0.5, 0.6) is 11.6 Å². The van der Waals surface area contributed by atoms with Crippen molar-refractivity contribution in [1.82, 2.24) is 4.57 Å². The molecule has 0 unspecified atom stereocenters. The zero-order valence-corrected chi connectivity index (χ0v) is 20.1. The lowest BCUT2D eigenvalue weighted by molar-refractivity contribution is 0.103. The Bertz CT molecular complexity index is 1320. The van der Waals surface area contributed by atoms with Crippen molar-refractivity contribution in [3.8, 4) is 17.7 Å². The Balaban J connectivity index is 2.17. The molecule has 0 saturated carbocycles. The zero-order chi connectivity index (χ0) is 24.3. The maximum Gasteiger partial charge on any atom is 0.271 e. The summed E-state index contributed by atoms with van der Waals surface area (Å²) in [5, 5.41) is 21.2. The fraction of sp³-hybridized carbons (Fsp3) is 0.208. The van der Waals surface area contributed by atoms with Gasteiger partial charge in [0.15, 0.2) is 11.5 Å². The maximum absolute atomic E-state index is 13.4. The number of ketones is 1. The van der Waals surface area contributed by atoms with Crippen molar-refractivity contribution < 1.29 is 14.6 Å². The molecule has 1 aromatic heterocycles. The summed E-state index contributed by atoms with van der Waals surface area (Å²) in [4.78, 5) is 26.3. The zero-order valence-electron chi connectivity index (χ0n) is 17.8. The van der Waals surface area contributed by atoms with E-state index in [1.165, 1.54) is 19.1 Å². The smallest absolute Gasteiger partial charge is 0.271 e. The van der Waals surface area contributed by atoms with Crippen molar-refractivity contribution in [3.05, 3.63) is 89.6 Å². The highest BCUT2D eigenvalue weighted by molar-refractivity contribution is 6.38. The molecule has 33 heavy (non-hydrogen) atoms. The van der Waals surface area contributed by atoms with Gasteiger partial charge in [-0.25, -0.2) is 0 Å². The molecule has 0 radical (unpaired) electrons. The molecule has 0 atom stereocenters. The largest absolute Gasteiger partial charge is 0.494 e. The fourth-order valence-electron chi connectivity index (χ4n) is 3.34. The fourth-order valence-corrected chi connectivity index (χ4v) is 4.14. The van der Waals surface area contributed by atoms with Crippen LogP contribution in [0.1, 0.15) is 46.0 Å². The van der Waals surface area contributed by atoms with E-state index in [0.717, 1.165) is 11.0 Å². The first-order valence-electron chi connectivity index (χ1n) is 9.97. The van der Waals surface area contributed by atoms with Gasteiger partial charge in [-0.1, -0.05) is 59.9 Å². The standard InChI is InChI=1S/C24H19Cl3N2O4/c1-3-8-33-22-18(26)9-15(10-19(22)27)21(30)20-13(2)16(11-28)23(31)29(24(20)32)12-14-6-4-5-7-17(14)25/h4-7,9-10,32H,3,8,12H2,1-2H3. The molecule has 0 aliphatic heterocycles. The summed E-state index contributed by atoms with van der Waals surface area (Å²) >= 11 is 18.7. The van der Waals surface area contributed by atoms with E-state index in [-0.39, 0.29) is 44.6 Å². The summed E-state index contributed by atoms with van der Waals surface area (Å²) < 4.78 is 6.47. The minimum atomic E-state index is -0.733. The molecule has 2 aromatic carbocycles. The van der Waals surface area contributed by atoms with Crippen molar-refractivity contribution in [2.24, 2.45) is 0 Å². The topological polar surface area (TPSA) is 92.3 Å². The van der Waals surface area contributed by atoms with Crippen LogP contribution < -0.4 is 10.3 Å². The Morgan fingerprint density at radius 3 is 2.36 bits per heavy atom. The number of nitrogens with zero attached hydrogens (tertiary/aromatic N) is 2. The van der Waals surface area contributed by atoms with Crippen LogP contribution in [-0.4, -0.2) is 22.1 Å². The maximum atomic E-state index is 13.4. The third-order valence-corrected chi connectivity index (χ3v) is 5.95. The monoisotopic (exact) mass is 504 g/mol. The van der Waals surface area contributed by atoms with Gasteiger partial charge in [-0.15, -0.1) is 0 Å². The molecule has 6 nitrogen and oxygen atoms in total. The van der Waals surface area contributed by atoms with E-state index in [9.17, 15) is 20.0 Å². The van der Waals surface area contributed by atoms with Crippen molar-refractivity contribution >= 4 is 40.6 Å². The Morgan fingerprint density at radius 1 is 1.15 bits per heavy atom. The van der Waals surface area contributed by atoms with Crippen LogP contribution in [0.2, 0.25) is 15.1 Å². The number of halogens is 3. The molecule has 0 aliphatic carbocycles. The first-order valence-corrected chi connectivity index (χ1v) is 11.1. The predicted molar refractivity (Wildman–Crippen MR) is 128 cm³/mol. The van der Waals surface area contributed by atoms with E-state index in [1.807, 2.05) is 13.0 Å². The van der Waals surface area contributed by atoms with Crippen LogP contribution in [0.25, 0.3) is 0 Å². The Morgan fingerprint density at radius 2 is 1.79 bits per heavy atom. The molecule has 0 saturated heterocycles. The second-order valence-corrected chi connectivity index (χ2v) is 8.46. The molecule has 170 valence electrons. The molecule has 3 rings (SSSR count). The van der Waals surface area contributed by atoms with Gasteiger partial charge in [0.05, 0.1) is 28.8 Å². The number of rotatable bonds is 7. The molecule has 3 aromatic rings.